The quantitative estimate of drug-likeness (QED) is 0.832. The molecule has 8 heteroatoms. The van der Waals surface area contributed by atoms with E-state index in [-0.39, 0.29) is 17.2 Å². The predicted molar refractivity (Wildman–Crippen MR) is 99.4 cm³/mol. The Morgan fingerprint density at radius 3 is 2.67 bits per heavy atom. The number of likely N-dealkylation sites (N-methyl/N-ethyl adjacent to an activating group) is 1. The van der Waals surface area contributed by atoms with E-state index in [1.807, 2.05) is 16.5 Å². The number of halogens is 1. The molecule has 2 aromatic rings. The highest BCUT2D eigenvalue weighted by atomic mass is 19.1. The normalized spacial score (nSPS) is 20.9. The van der Waals surface area contributed by atoms with E-state index in [0.717, 1.165) is 19.4 Å². The number of pyridine rings is 1. The zero-order valence-electron chi connectivity index (χ0n) is 15.3. The van der Waals surface area contributed by atoms with Gasteiger partial charge in [-0.3, -0.25) is 4.79 Å². The van der Waals surface area contributed by atoms with Gasteiger partial charge in [-0.15, -0.1) is 0 Å². The number of hydrogen-bond donors (Lipinski definition) is 1. The topological polar surface area (TPSA) is 75.0 Å². The fourth-order valence-electron chi connectivity index (χ4n) is 3.66. The van der Waals surface area contributed by atoms with Gasteiger partial charge in [-0.05, 0) is 38.9 Å². The third-order valence-electron chi connectivity index (χ3n) is 5.51. The maximum absolute atomic E-state index is 14.9. The van der Waals surface area contributed by atoms with Crippen LogP contribution in [0.1, 0.15) is 25.8 Å². The van der Waals surface area contributed by atoms with Gasteiger partial charge in [0.25, 0.3) is 0 Å². The van der Waals surface area contributed by atoms with Crippen LogP contribution < -0.4 is 15.1 Å². The van der Waals surface area contributed by atoms with Gasteiger partial charge in [0, 0.05) is 31.7 Å². The number of ether oxygens (including phenoxy) is 1. The van der Waals surface area contributed by atoms with Gasteiger partial charge < -0.3 is 24.2 Å². The molecule has 1 aromatic heterocycles. The maximum atomic E-state index is 14.9. The van der Waals surface area contributed by atoms with Crippen LogP contribution in [0.5, 0.6) is 5.75 Å². The number of nitrogens with zero attached hydrogens (tertiary/aromatic N) is 3. The lowest BCUT2D eigenvalue weighted by Crippen LogP contribution is -2.50. The number of piperazine rings is 1. The summed E-state index contributed by atoms with van der Waals surface area (Å²) in [4.78, 5) is 27.7. The van der Waals surface area contributed by atoms with E-state index in [4.69, 9.17) is 5.11 Å². The number of hydrogen-bond acceptors (Lipinski definition) is 5. The van der Waals surface area contributed by atoms with Crippen molar-refractivity contribution in [3.8, 4) is 5.75 Å². The van der Waals surface area contributed by atoms with Gasteiger partial charge in [-0.25, -0.2) is 9.18 Å². The van der Waals surface area contributed by atoms with Crippen molar-refractivity contribution >= 4 is 22.7 Å². The van der Waals surface area contributed by atoms with Crippen molar-refractivity contribution in [2.45, 2.75) is 31.8 Å². The van der Waals surface area contributed by atoms with Crippen LogP contribution in [0.25, 0.3) is 10.9 Å². The smallest absolute Gasteiger partial charge is 0.449 e. The van der Waals surface area contributed by atoms with Crippen LogP contribution in [0.15, 0.2) is 23.1 Å². The number of aromatic nitrogens is 1. The SMILES string of the molecule is CC1CN(c2cc3c(cc2F)c(=O)c(OC(=O)O)cn3C2CC2)CCN1C. The average Bonchev–Trinajstić information content (AvgIpc) is 3.44. The molecule has 1 atom stereocenters. The van der Waals surface area contributed by atoms with Crippen molar-refractivity contribution in [2.24, 2.45) is 0 Å². The molecule has 1 saturated carbocycles. The molecule has 2 fully saturated rings. The van der Waals surface area contributed by atoms with E-state index in [9.17, 15) is 14.0 Å². The third kappa shape index (κ3) is 3.25. The zero-order valence-corrected chi connectivity index (χ0v) is 15.3. The number of rotatable bonds is 3. The van der Waals surface area contributed by atoms with E-state index in [0.29, 0.717) is 30.3 Å². The van der Waals surface area contributed by atoms with Crippen LogP contribution in [0.4, 0.5) is 14.9 Å². The molecule has 0 radical (unpaired) electrons. The van der Waals surface area contributed by atoms with Crippen molar-refractivity contribution < 1.29 is 19.0 Å². The van der Waals surface area contributed by atoms with Crippen molar-refractivity contribution in [2.75, 3.05) is 31.6 Å². The van der Waals surface area contributed by atoms with E-state index in [1.165, 1.54) is 12.3 Å². The molecule has 0 bridgehead atoms. The third-order valence-corrected chi connectivity index (χ3v) is 5.51. The molecular formula is C19H22FN3O4. The fourth-order valence-corrected chi connectivity index (χ4v) is 3.66. The van der Waals surface area contributed by atoms with Gasteiger partial charge in [-0.1, -0.05) is 0 Å². The minimum Gasteiger partial charge on any atom is -0.449 e. The fraction of sp³-hybridized carbons (Fsp3) is 0.474. The Kier molecular flexibility index (Phi) is 4.30. The second-order valence-electron chi connectivity index (χ2n) is 7.43. The molecular weight excluding hydrogens is 353 g/mol. The minimum atomic E-state index is -1.56. The Hall–Kier alpha value is -2.61. The van der Waals surface area contributed by atoms with Crippen LogP contribution in [-0.4, -0.2) is 53.5 Å². The first-order valence-electron chi connectivity index (χ1n) is 9.09. The van der Waals surface area contributed by atoms with E-state index >= 15 is 0 Å². The summed E-state index contributed by atoms with van der Waals surface area (Å²) in [6, 6.07) is 3.40. The number of anilines is 1. The highest BCUT2D eigenvalue weighted by Crippen LogP contribution is 2.39. The molecule has 4 rings (SSSR count). The first kappa shape index (κ1) is 17.8. The molecule has 1 aromatic carbocycles. The molecule has 0 amide bonds. The summed E-state index contributed by atoms with van der Waals surface area (Å²) in [7, 11) is 2.05. The molecule has 2 heterocycles. The van der Waals surface area contributed by atoms with Crippen LogP contribution >= 0.6 is 0 Å². The van der Waals surface area contributed by atoms with Crippen LogP contribution in [0, 0.1) is 5.82 Å². The number of fused-ring (bicyclic) bond motifs is 1. The monoisotopic (exact) mass is 375 g/mol. The lowest BCUT2D eigenvalue weighted by molar-refractivity contribution is 0.143. The van der Waals surface area contributed by atoms with Crippen LogP contribution in [0.3, 0.4) is 0 Å². The Labute approximate surface area is 155 Å². The van der Waals surface area contributed by atoms with Gasteiger partial charge in [-0.2, -0.15) is 0 Å². The molecule has 1 aliphatic heterocycles. The second kappa shape index (κ2) is 6.53. The average molecular weight is 375 g/mol. The summed E-state index contributed by atoms with van der Waals surface area (Å²) in [5.74, 6) is -0.770. The molecule has 1 aliphatic carbocycles. The highest BCUT2D eigenvalue weighted by Gasteiger charge is 2.28. The molecule has 1 unspecified atom stereocenters. The lowest BCUT2D eigenvalue weighted by Gasteiger charge is -2.39. The lowest BCUT2D eigenvalue weighted by atomic mass is 10.1. The number of carboxylic acid groups (broad SMARTS) is 1. The summed E-state index contributed by atoms with van der Waals surface area (Å²) >= 11 is 0. The zero-order chi connectivity index (χ0) is 19.3. The van der Waals surface area contributed by atoms with Crippen molar-refractivity contribution in [3.05, 3.63) is 34.4 Å². The van der Waals surface area contributed by atoms with Gasteiger partial charge >= 0.3 is 6.16 Å². The summed E-state index contributed by atoms with van der Waals surface area (Å²) in [5.41, 5.74) is 0.480. The number of benzene rings is 1. The van der Waals surface area contributed by atoms with E-state index in [1.54, 1.807) is 6.07 Å². The molecule has 144 valence electrons. The van der Waals surface area contributed by atoms with E-state index in [2.05, 4.69) is 16.6 Å². The van der Waals surface area contributed by atoms with Crippen LogP contribution in [0.2, 0.25) is 0 Å². The predicted octanol–water partition coefficient (Wildman–Crippen LogP) is 2.67. The van der Waals surface area contributed by atoms with Gasteiger partial charge in [0.1, 0.15) is 5.82 Å². The molecule has 7 nitrogen and oxygen atoms in total. The van der Waals surface area contributed by atoms with Gasteiger partial charge in [0.15, 0.2) is 5.75 Å². The number of carbonyl (C=O) groups is 1. The maximum Gasteiger partial charge on any atom is 0.511 e. The van der Waals surface area contributed by atoms with Crippen LogP contribution in [-0.2, 0) is 0 Å². The Morgan fingerprint density at radius 1 is 1.30 bits per heavy atom. The first-order chi connectivity index (χ1) is 12.8. The Morgan fingerprint density at radius 2 is 2.04 bits per heavy atom. The molecule has 2 aliphatic rings. The standard InChI is InChI=1S/C19H22FN3O4/c1-11-9-22(6-5-21(11)2)16-8-15-13(7-14(16)20)18(24)17(27-19(25)26)10-23(15)12-3-4-12/h7-8,10-12H,3-6,9H2,1-2H3,(H,25,26). The molecule has 0 spiro atoms. The van der Waals surface area contributed by atoms with E-state index < -0.39 is 17.4 Å². The summed E-state index contributed by atoms with van der Waals surface area (Å²) < 4.78 is 21.4. The van der Waals surface area contributed by atoms with Crippen molar-refractivity contribution in [1.29, 1.82) is 0 Å². The Balaban J connectivity index is 1.85. The largest absolute Gasteiger partial charge is 0.511 e. The summed E-state index contributed by atoms with van der Waals surface area (Å²) in [6.07, 6.45) is 1.74. The van der Waals surface area contributed by atoms with Crippen molar-refractivity contribution in [3.63, 3.8) is 0 Å². The van der Waals surface area contributed by atoms with Gasteiger partial charge in [0.2, 0.25) is 5.43 Å². The van der Waals surface area contributed by atoms with Crippen molar-refractivity contribution in [1.82, 2.24) is 9.47 Å². The van der Waals surface area contributed by atoms with Gasteiger partial charge in [0.05, 0.1) is 22.8 Å². The first-order valence-corrected chi connectivity index (χ1v) is 9.09. The Bertz CT molecular complexity index is 970. The minimum absolute atomic E-state index is 0.143. The highest BCUT2D eigenvalue weighted by molar-refractivity contribution is 5.85. The summed E-state index contributed by atoms with van der Waals surface area (Å²) in [6.45, 7) is 4.34. The second-order valence-corrected chi connectivity index (χ2v) is 7.43. The molecule has 1 saturated heterocycles. The molecule has 27 heavy (non-hydrogen) atoms. The molecule has 1 N–H and O–H groups in total. The summed E-state index contributed by atoms with van der Waals surface area (Å²) in [5, 5.41) is 9.01.